The molecule has 0 radical (unpaired) electrons. The summed E-state index contributed by atoms with van der Waals surface area (Å²) in [6.07, 6.45) is 5.09. The molecule has 0 fully saturated rings. The van der Waals surface area contributed by atoms with Crippen molar-refractivity contribution in [1.29, 1.82) is 0 Å². The van der Waals surface area contributed by atoms with E-state index in [1.54, 1.807) is 30.7 Å². The molecule has 5 nitrogen and oxygen atoms in total. The summed E-state index contributed by atoms with van der Waals surface area (Å²) < 4.78 is 0. The Labute approximate surface area is 133 Å². The van der Waals surface area contributed by atoms with Crippen molar-refractivity contribution in [1.82, 2.24) is 15.0 Å². The number of primary amides is 1. The zero-order valence-electron chi connectivity index (χ0n) is 11.5. The highest BCUT2D eigenvalue weighted by molar-refractivity contribution is 5.92. The van der Waals surface area contributed by atoms with Crippen LogP contribution in [0.1, 0.15) is 10.5 Å². The summed E-state index contributed by atoms with van der Waals surface area (Å²) in [5.74, 6) is -0.562. The van der Waals surface area contributed by atoms with Gasteiger partial charge in [-0.1, -0.05) is 6.07 Å². The predicted molar refractivity (Wildman–Crippen MR) is 86.5 cm³/mol. The lowest BCUT2D eigenvalue weighted by Crippen LogP contribution is -2.13. The van der Waals surface area contributed by atoms with E-state index in [1.807, 2.05) is 30.3 Å². The number of nitrogens with zero attached hydrogens (tertiary/aromatic N) is 3. The molecule has 0 atom stereocenters. The van der Waals surface area contributed by atoms with E-state index in [4.69, 9.17) is 5.73 Å². The highest BCUT2D eigenvalue weighted by atomic mass is 35.5. The van der Waals surface area contributed by atoms with E-state index in [9.17, 15) is 4.79 Å². The van der Waals surface area contributed by atoms with Crippen LogP contribution in [-0.2, 0) is 0 Å². The predicted octanol–water partition coefficient (Wildman–Crippen LogP) is 2.73. The second kappa shape index (κ2) is 6.78. The van der Waals surface area contributed by atoms with Crippen LogP contribution < -0.4 is 5.73 Å². The second-order valence-electron chi connectivity index (χ2n) is 4.41. The van der Waals surface area contributed by atoms with Gasteiger partial charge in [0.1, 0.15) is 5.69 Å². The van der Waals surface area contributed by atoms with Crippen LogP contribution in [0.25, 0.3) is 22.5 Å². The second-order valence-corrected chi connectivity index (χ2v) is 4.41. The SMILES string of the molecule is Cl.NC(=O)c1ccc(-c2ccccn2)c(-c2cccnc2)n1. The van der Waals surface area contributed by atoms with Crippen molar-refractivity contribution in [2.75, 3.05) is 0 Å². The van der Waals surface area contributed by atoms with E-state index < -0.39 is 5.91 Å². The average Bonchev–Trinajstić information content (AvgIpc) is 2.56. The molecule has 0 unspecified atom stereocenters. The number of hydrogen-bond acceptors (Lipinski definition) is 4. The van der Waals surface area contributed by atoms with E-state index in [0.717, 1.165) is 16.8 Å². The van der Waals surface area contributed by atoms with Crippen LogP contribution in [0.4, 0.5) is 0 Å². The molecule has 2 N–H and O–H groups in total. The Balaban J connectivity index is 0.00000176. The summed E-state index contributed by atoms with van der Waals surface area (Å²) in [6.45, 7) is 0. The smallest absolute Gasteiger partial charge is 0.267 e. The Morgan fingerprint density at radius 2 is 1.86 bits per heavy atom. The number of carbonyl (C=O) groups is 1. The molecule has 3 rings (SSSR count). The maximum Gasteiger partial charge on any atom is 0.267 e. The van der Waals surface area contributed by atoms with Crippen LogP contribution in [-0.4, -0.2) is 20.9 Å². The zero-order valence-corrected chi connectivity index (χ0v) is 12.3. The van der Waals surface area contributed by atoms with Crippen LogP contribution in [0.15, 0.2) is 61.1 Å². The fourth-order valence-corrected chi connectivity index (χ4v) is 2.05. The standard InChI is InChI=1S/C16H12N4O.ClH/c17-16(21)14-7-6-12(13-5-1-2-9-19-13)15(20-14)11-4-3-8-18-10-11;/h1-10H,(H2,17,21);1H. The summed E-state index contributed by atoms with van der Waals surface area (Å²) in [6, 6.07) is 12.7. The summed E-state index contributed by atoms with van der Waals surface area (Å²) in [7, 11) is 0. The molecule has 0 spiro atoms. The average molecular weight is 313 g/mol. The lowest BCUT2D eigenvalue weighted by molar-refractivity contribution is 0.0995. The van der Waals surface area contributed by atoms with Gasteiger partial charge in [-0.15, -0.1) is 12.4 Å². The molecule has 0 bridgehead atoms. The molecule has 0 aliphatic rings. The fraction of sp³-hybridized carbons (Fsp3) is 0. The van der Waals surface area contributed by atoms with E-state index in [-0.39, 0.29) is 18.1 Å². The molecule has 22 heavy (non-hydrogen) atoms. The quantitative estimate of drug-likeness (QED) is 0.806. The van der Waals surface area contributed by atoms with Crippen molar-refractivity contribution in [3.8, 4) is 22.5 Å². The molecule has 0 aromatic carbocycles. The third-order valence-corrected chi connectivity index (χ3v) is 3.02. The van der Waals surface area contributed by atoms with Crippen molar-refractivity contribution in [3.05, 3.63) is 66.7 Å². The summed E-state index contributed by atoms with van der Waals surface area (Å²) in [5.41, 5.74) is 8.58. The number of amides is 1. The van der Waals surface area contributed by atoms with Gasteiger partial charge in [0.05, 0.1) is 11.4 Å². The van der Waals surface area contributed by atoms with Gasteiger partial charge in [0.15, 0.2) is 0 Å². The van der Waals surface area contributed by atoms with Gasteiger partial charge in [0, 0.05) is 29.7 Å². The number of aromatic nitrogens is 3. The van der Waals surface area contributed by atoms with E-state index in [2.05, 4.69) is 15.0 Å². The number of carbonyl (C=O) groups excluding carboxylic acids is 1. The molecule has 1 amide bonds. The van der Waals surface area contributed by atoms with Crippen LogP contribution in [0.5, 0.6) is 0 Å². The Morgan fingerprint density at radius 1 is 1.00 bits per heavy atom. The zero-order chi connectivity index (χ0) is 14.7. The topological polar surface area (TPSA) is 81.8 Å². The molecule has 110 valence electrons. The maximum atomic E-state index is 11.4. The van der Waals surface area contributed by atoms with Gasteiger partial charge in [-0.25, -0.2) is 4.98 Å². The molecule has 6 heteroatoms. The lowest BCUT2D eigenvalue weighted by Gasteiger charge is -2.09. The number of hydrogen-bond donors (Lipinski definition) is 1. The van der Waals surface area contributed by atoms with Gasteiger partial charge in [-0.05, 0) is 36.4 Å². The highest BCUT2D eigenvalue weighted by Gasteiger charge is 2.13. The number of pyridine rings is 3. The molecule has 3 aromatic rings. The molecule has 0 aliphatic carbocycles. The summed E-state index contributed by atoms with van der Waals surface area (Å²) in [4.78, 5) is 24.2. The first kappa shape index (κ1) is 15.6. The summed E-state index contributed by atoms with van der Waals surface area (Å²) in [5, 5.41) is 0. The summed E-state index contributed by atoms with van der Waals surface area (Å²) >= 11 is 0. The van der Waals surface area contributed by atoms with Crippen LogP contribution >= 0.6 is 12.4 Å². The third-order valence-electron chi connectivity index (χ3n) is 3.02. The Kier molecular flexibility index (Phi) is 4.80. The first-order valence-electron chi connectivity index (χ1n) is 6.38. The first-order chi connectivity index (χ1) is 10.3. The number of halogens is 1. The van der Waals surface area contributed by atoms with Gasteiger partial charge in [-0.3, -0.25) is 14.8 Å². The van der Waals surface area contributed by atoms with Crippen LogP contribution in [0.2, 0.25) is 0 Å². The molecule has 3 heterocycles. The molecule has 3 aromatic heterocycles. The lowest BCUT2D eigenvalue weighted by atomic mass is 10.0. The van der Waals surface area contributed by atoms with Crippen molar-refractivity contribution in [3.63, 3.8) is 0 Å². The fourth-order valence-electron chi connectivity index (χ4n) is 2.05. The minimum atomic E-state index is -0.562. The van der Waals surface area contributed by atoms with Crippen molar-refractivity contribution in [2.45, 2.75) is 0 Å². The Hall–Kier alpha value is -2.79. The van der Waals surface area contributed by atoms with Crippen molar-refractivity contribution in [2.24, 2.45) is 5.73 Å². The minimum absolute atomic E-state index is 0. The largest absolute Gasteiger partial charge is 0.364 e. The normalized spacial score (nSPS) is 9.82. The monoisotopic (exact) mass is 312 g/mol. The minimum Gasteiger partial charge on any atom is -0.364 e. The van der Waals surface area contributed by atoms with Crippen LogP contribution in [0, 0.1) is 0 Å². The van der Waals surface area contributed by atoms with Gasteiger partial charge in [0.25, 0.3) is 5.91 Å². The molecular weight excluding hydrogens is 300 g/mol. The third kappa shape index (κ3) is 3.10. The van der Waals surface area contributed by atoms with E-state index >= 15 is 0 Å². The molecule has 0 saturated heterocycles. The Bertz CT molecular complexity index is 779. The van der Waals surface area contributed by atoms with Gasteiger partial charge in [-0.2, -0.15) is 0 Å². The number of rotatable bonds is 3. The van der Waals surface area contributed by atoms with Gasteiger partial charge in [0.2, 0.25) is 0 Å². The maximum absolute atomic E-state index is 11.4. The van der Waals surface area contributed by atoms with Crippen molar-refractivity contribution < 1.29 is 4.79 Å². The van der Waals surface area contributed by atoms with E-state index in [0.29, 0.717) is 5.69 Å². The van der Waals surface area contributed by atoms with E-state index in [1.165, 1.54) is 0 Å². The Morgan fingerprint density at radius 3 is 2.50 bits per heavy atom. The molecular formula is C16H13ClN4O. The van der Waals surface area contributed by atoms with Gasteiger partial charge < -0.3 is 5.73 Å². The molecule has 0 aliphatic heterocycles. The van der Waals surface area contributed by atoms with Crippen molar-refractivity contribution >= 4 is 18.3 Å². The molecule has 0 saturated carbocycles. The number of nitrogens with two attached hydrogens (primary N) is 1. The first-order valence-corrected chi connectivity index (χ1v) is 6.38. The van der Waals surface area contributed by atoms with Crippen LogP contribution in [0.3, 0.4) is 0 Å². The van der Waals surface area contributed by atoms with Gasteiger partial charge >= 0.3 is 0 Å². The highest BCUT2D eigenvalue weighted by Crippen LogP contribution is 2.28.